The molecule has 47 heavy (non-hydrogen) atoms. The third-order valence-corrected chi connectivity index (χ3v) is 7.41. The molecular weight excluding hydrogens is 624 g/mol. The Kier molecular flexibility index (Phi) is 18.2. The topological polar surface area (TPSA) is 276 Å². The fraction of sp³-hybridized carbons (Fsp3) is 0.452. The van der Waals surface area contributed by atoms with Crippen LogP contribution in [0.1, 0.15) is 74.9 Å². The molecule has 0 unspecified atom stereocenters. The minimum Gasteiger partial charge on any atom is -0.507 e. The first-order valence-electron chi connectivity index (χ1n) is 14.9. The molecule has 2 aliphatic rings. The van der Waals surface area contributed by atoms with Gasteiger partial charge in [0.25, 0.3) is 5.91 Å². The van der Waals surface area contributed by atoms with Gasteiger partial charge in [0.1, 0.15) is 5.75 Å². The molecule has 0 atom stereocenters. The van der Waals surface area contributed by atoms with E-state index in [1.807, 2.05) is 26.0 Å². The van der Waals surface area contributed by atoms with Crippen LogP contribution in [0.2, 0.25) is 0 Å². The van der Waals surface area contributed by atoms with Crippen molar-refractivity contribution in [2.75, 3.05) is 51.9 Å². The second-order valence-electron chi connectivity index (χ2n) is 11.4. The second kappa shape index (κ2) is 20.1. The van der Waals surface area contributed by atoms with E-state index in [9.17, 15) is 14.7 Å². The number of rotatable bonds is 9. The van der Waals surface area contributed by atoms with Gasteiger partial charge in [-0.1, -0.05) is 13.8 Å². The van der Waals surface area contributed by atoms with Gasteiger partial charge >= 0.3 is 0 Å². The van der Waals surface area contributed by atoms with Crippen LogP contribution >= 0.6 is 12.4 Å². The largest absolute Gasteiger partial charge is 0.507 e. The Morgan fingerprint density at radius 1 is 0.745 bits per heavy atom. The Bertz CT molecular complexity index is 1380. The van der Waals surface area contributed by atoms with Crippen LogP contribution in [-0.2, 0) is 4.79 Å². The number of hydrogen-bond donors (Lipinski definition) is 8. The number of carbonyl (C=O) groups is 2. The summed E-state index contributed by atoms with van der Waals surface area (Å²) in [5.74, 6) is 1.33. The number of benzene rings is 2. The third kappa shape index (κ3) is 11.8. The highest BCUT2D eigenvalue weighted by Gasteiger charge is 2.21. The number of carbonyl (C=O) groups excluding carboxylic acids is 2. The maximum Gasteiger partial charge on any atom is 0.259 e. The minimum absolute atomic E-state index is 0. The van der Waals surface area contributed by atoms with Gasteiger partial charge in [0, 0.05) is 61.4 Å². The van der Waals surface area contributed by atoms with Crippen molar-refractivity contribution in [3.63, 3.8) is 0 Å². The highest BCUT2D eigenvalue weighted by Crippen LogP contribution is 2.26. The van der Waals surface area contributed by atoms with E-state index in [1.165, 1.54) is 25.0 Å². The summed E-state index contributed by atoms with van der Waals surface area (Å²) in [4.78, 5) is 43.7. The summed E-state index contributed by atoms with van der Waals surface area (Å²) in [5, 5.41) is 19.3. The van der Waals surface area contributed by atoms with Gasteiger partial charge in [0.05, 0.1) is 5.56 Å². The van der Waals surface area contributed by atoms with E-state index >= 15 is 0 Å². The molecule has 0 aliphatic carbocycles. The highest BCUT2D eigenvalue weighted by atomic mass is 35.5. The van der Waals surface area contributed by atoms with Crippen LogP contribution in [0.3, 0.4) is 0 Å². The quantitative estimate of drug-likeness (QED) is 0.108. The first kappa shape index (κ1) is 42.7. The monoisotopic (exact) mass is 684 g/mol. The molecule has 0 radical (unpaired) electrons. The Labute approximate surface area is 289 Å². The summed E-state index contributed by atoms with van der Waals surface area (Å²) in [6.07, 6.45) is 7.39. The number of aromatic hydroxyl groups is 1. The highest BCUT2D eigenvalue weighted by molar-refractivity contribution is 6.06. The Hall–Kier alpha value is -4.28. The fourth-order valence-electron chi connectivity index (χ4n) is 5.23. The van der Waals surface area contributed by atoms with Crippen LogP contribution in [0, 0.1) is 5.92 Å². The van der Waals surface area contributed by atoms with Crippen molar-refractivity contribution in [3.8, 4) is 5.75 Å². The van der Waals surface area contributed by atoms with Gasteiger partial charge in [0.2, 0.25) is 23.8 Å². The molecule has 2 fully saturated rings. The smallest absolute Gasteiger partial charge is 0.259 e. The Morgan fingerprint density at radius 2 is 1.23 bits per heavy atom. The first-order valence-corrected chi connectivity index (χ1v) is 14.9. The number of aromatic nitrogens is 3. The molecule has 5 rings (SSSR count). The number of halogens is 1. The Balaban J connectivity index is -0.000000784. The van der Waals surface area contributed by atoms with Crippen LogP contribution in [0.15, 0.2) is 42.5 Å². The zero-order chi connectivity index (χ0) is 29.5. The van der Waals surface area contributed by atoms with Crippen molar-refractivity contribution in [2.24, 2.45) is 5.92 Å². The number of amides is 2. The molecule has 2 amide bonds. The minimum atomic E-state index is -0.455. The predicted octanol–water partition coefficient (Wildman–Crippen LogP) is 7.59. The van der Waals surface area contributed by atoms with E-state index in [0.717, 1.165) is 57.5 Å². The van der Waals surface area contributed by atoms with Gasteiger partial charge in [-0.3, -0.25) is 9.59 Å². The van der Waals surface area contributed by atoms with Crippen LogP contribution in [0.5, 0.6) is 5.75 Å². The van der Waals surface area contributed by atoms with Crippen molar-refractivity contribution in [3.05, 3.63) is 48.0 Å². The lowest BCUT2D eigenvalue weighted by molar-refractivity contribution is -0.116. The molecule has 2 aromatic carbocycles. The normalized spacial score (nSPS) is 13.8. The van der Waals surface area contributed by atoms with Crippen molar-refractivity contribution in [2.45, 2.75) is 58.8 Å². The number of anilines is 6. The lowest BCUT2D eigenvalue weighted by Gasteiger charge is -2.30. The molecule has 270 valence electrons. The van der Waals surface area contributed by atoms with Crippen molar-refractivity contribution < 1.29 is 20.4 Å². The summed E-state index contributed by atoms with van der Waals surface area (Å²) in [5.41, 5.74) is 1.89. The zero-order valence-corrected chi connectivity index (χ0v) is 28.4. The van der Waals surface area contributed by atoms with Gasteiger partial charge in [-0.25, -0.2) is 0 Å². The number of piperidine rings is 2. The van der Waals surface area contributed by atoms with Gasteiger partial charge < -0.3 is 55.5 Å². The van der Waals surface area contributed by atoms with E-state index in [1.54, 1.807) is 18.2 Å². The molecule has 3 heterocycles. The molecule has 16 N–H and O–H groups in total. The standard InChI is InChI=1S/C31H40N8O3.ClH.4H3N.4H2/c1-21(2)19-27(41)32-24-13-14-25(26(40)20-24)28(42)33-22-9-11-23(12-10-22)34-29-35-30(38-15-5-3-6-16-38)37-31(36-29)39-17-7-4-8-18-39;;;;;;;;;/h9-14,20-21,40H,3-8,15-19H2,1-2H3,(H,32,41)(H,33,42)(H,34,35,36,37);1H;4*1H3;4*1H. The number of hydrogen-bond acceptors (Lipinski definition) is 13. The van der Waals surface area contributed by atoms with Gasteiger partial charge in [-0.2, -0.15) is 15.0 Å². The average molecular weight is 685 g/mol. The molecule has 1 aromatic heterocycles. The number of nitrogens with zero attached hydrogens (tertiary/aromatic N) is 5. The Morgan fingerprint density at radius 3 is 1.72 bits per heavy atom. The van der Waals surface area contributed by atoms with Gasteiger partial charge in [-0.15, -0.1) is 12.4 Å². The van der Waals surface area contributed by atoms with Crippen molar-refractivity contribution >= 4 is 59.1 Å². The second-order valence-corrected chi connectivity index (χ2v) is 11.4. The van der Waals surface area contributed by atoms with Crippen LogP contribution in [0.25, 0.3) is 0 Å². The molecule has 3 aromatic rings. The van der Waals surface area contributed by atoms with E-state index in [-0.39, 0.29) is 65.9 Å². The van der Waals surface area contributed by atoms with Gasteiger partial charge in [-0.05, 0) is 80.8 Å². The summed E-state index contributed by atoms with van der Waals surface area (Å²) in [7, 11) is 0. The van der Waals surface area contributed by atoms with Gasteiger partial charge in [0.15, 0.2) is 0 Å². The molecule has 0 spiro atoms. The molecule has 0 saturated carbocycles. The summed E-state index contributed by atoms with van der Waals surface area (Å²) in [6.45, 7) is 7.70. The van der Waals surface area contributed by atoms with Crippen LogP contribution in [-0.4, -0.2) is 58.1 Å². The SMILES string of the molecule is CC(C)CC(=O)Nc1ccc(C(=O)Nc2ccc(Nc3nc(N4CCCCC4)nc(N4CCCCC4)n3)cc2)c(O)c1.Cl.N.N.N.N.[HH].[HH].[HH].[HH]. The predicted molar refractivity (Wildman–Crippen MR) is 202 cm³/mol. The summed E-state index contributed by atoms with van der Waals surface area (Å²) >= 11 is 0. The van der Waals surface area contributed by atoms with E-state index in [0.29, 0.717) is 35.6 Å². The third-order valence-electron chi connectivity index (χ3n) is 7.41. The molecule has 0 bridgehead atoms. The van der Waals surface area contributed by atoms with E-state index < -0.39 is 5.91 Å². The maximum absolute atomic E-state index is 12.9. The number of phenolic OH excluding ortho intramolecular Hbond substituents is 1. The van der Waals surface area contributed by atoms with Crippen LogP contribution < -0.4 is 50.4 Å². The summed E-state index contributed by atoms with van der Waals surface area (Å²) in [6, 6.07) is 11.7. The zero-order valence-electron chi connectivity index (χ0n) is 27.6. The van der Waals surface area contributed by atoms with Crippen molar-refractivity contribution in [1.29, 1.82) is 0 Å². The molecule has 2 aliphatic heterocycles. The maximum atomic E-state index is 12.9. The number of phenols is 1. The van der Waals surface area contributed by atoms with Crippen molar-refractivity contribution in [1.82, 2.24) is 39.6 Å². The van der Waals surface area contributed by atoms with E-state index in [2.05, 4.69) is 25.8 Å². The van der Waals surface area contributed by atoms with Crippen LogP contribution in [0.4, 0.5) is 34.9 Å². The molecule has 2 saturated heterocycles. The average Bonchev–Trinajstić information content (AvgIpc) is 2.98. The summed E-state index contributed by atoms with van der Waals surface area (Å²) < 4.78 is 0. The lowest BCUT2D eigenvalue weighted by atomic mass is 10.1. The fourth-order valence-corrected chi connectivity index (χ4v) is 5.23. The lowest BCUT2D eigenvalue weighted by Crippen LogP contribution is -2.34. The van der Waals surface area contributed by atoms with E-state index in [4.69, 9.17) is 15.0 Å². The first-order chi connectivity index (χ1) is 20.3. The molecule has 15 nitrogen and oxygen atoms in total. The number of nitrogens with one attached hydrogen (secondary N) is 3. The molecular formula is C31H61ClN12O3. The molecule has 16 heteroatoms.